The zero-order valence-electron chi connectivity index (χ0n) is 7.30. The Hall–Kier alpha value is -1.25. The van der Waals surface area contributed by atoms with E-state index in [1.807, 2.05) is 11.9 Å². The molecule has 0 saturated carbocycles. The summed E-state index contributed by atoms with van der Waals surface area (Å²) in [7, 11) is 1.98. The number of nitrogens with zero attached hydrogens (tertiary/aromatic N) is 2. The fourth-order valence-corrected chi connectivity index (χ4v) is 1.47. The Morgan fingerprint density at radius 2 is 2.50 bits per heavy atom. The zero-order valence-corrected chi connectivity index (χ0v) is 7.30. The fraction of sp³-hybridized carbons (Fsp3) is 0.444. The Morgan fingerprint density at radius 3 is 3.33 bits per heavy atom. The molecule has 1 fully saturated rings. The van der Waals surface area contributed by atoms with Crippen LogP contribution in [0.3, 0.4) is 0 Å². The van der Waals surface area contributed by atoms with Gasteiger partial charge in [-0.25, -0.2) is 4.99 Å². The Morgan fingerprint density at radius 1 is 1.67 bits per heavy atom. The van der Waals surface area contributed by atoms with Gasteiger partial charge < -0.3 is 10.2 Å². The van der Waals surface area contributed by atoms with Crippen molar-refractivity contribution in [2.75, 3.05) is 13.6 Å². The Labute approximate surface area is 72.5 Å². The molecule has 2 rings (SSSR count). The molecule has 0 aromatic carbocycles. The number of hydrogen-bond acceptors (Lipinski definition) is 3. The maximum atomic E-state index is 4.35. The normalized spacial score (nSPS) is 22.4. The molecule has 2 aliphatic rings. The van der Waals surface area contributed by atoms with Crippen molar-refractivity contribution < 1.29 is 0 Å². The lowest BCUT2D eigenvalue weighted by Crippen LogP contribution is -2.35. The van der Waals surface area contributed by atoms with E-state index < -0.39 is 0 Å². The number of piperidine rings is 1. The summed E-state index contributed by atoms with van der Waals surface area (Å²) >= 11 is 0. The third kappa shape index (κ3) is 1.11. The van der Waals surface area contributed by atoms with E-state index >= 15 is 0 Å². The van der Waals surface area contributed by atoms with Gasteiger partial charge in [-0.2, -0.15) is 0 Å². The van der Waals surface area contributed by atoms with E-state index in [1.54, 1.807) is 0 Å². The van der Waals surface area contributed by atoms with Gasteiger partial charge in [-0.15, -0.1) is 0 Å². The molecule has 64 valence electrons. The first-order chi connectivity index (χ1) is 5.77. The number of amidine groups is 1. The van der Waals surface area contributed by atoms with Crippen molar-refractivity contribution in [1.82, 2.24) is 10.2 Å². The van der Waals surface area contributed by atoms with Gasteiger partial charge in [-0.1, -0.05) is 6.58 Å². The maximum Gasteiger partial charge on any atom is 0.133 e. The number of rotatable bonds is 0. The van der Waals surface area contributed by atoms with Crippen molar-refractivity contribution in [3.63, 3.8) is 0 Å². The van der Waals surface area contributed by atoms with Gasteiger partial charge in [-0.05, 0) is 12.8 Å². The first kappa shape index (κ1) is 7.40. The topological polar surface area (TPSA) is 27.6 Å². The summed E-state index contributed by atoms with van der Waals surface area (Å²) in [5.41, 5.74) is 1.30. The first-order valence-corrected chi connectivity index (χ1v) is 4.23. The molecule has 2 heterocycles. The second-order valence-electron chi connectivity index (χ2n) is 3.17. The van der Waals surface area contributed by atoms with Crippen molar-refractivity contribution >= 4 is 5.84 Å². The lowest BCUT2D eigenvalue weighted by atomic mass is 10.1. The summed E-state index contributed by atoms with van der Waals surface area (Å²) in [6.07, 6.45) is 4.44. The summed E-state index contributed by atoms with van der Waals surface area (Å²) in [5, 5.41) is 3.27. The van der Waals surface area contributed by atoms with Gasteiger partial charge >= 0.3 is 0 Å². The largest absolute Gasteiger partial charge is 0.370 e. The molecule has 0 bridgehead atoms. The molecule has 12 heavy (non-hydrogen) atoms. The number of nitrogens with one attached hydrogen (secondary N) is 1. The molecule has 0 spiro atoms. The average molecular weight is 163 g/mol. The van der Waals surface area contributed by atoms with E-state index in [0.717, 1.165) is 24.6 Å². The van der Waals surface area contributed by atoms with Gasteiger partial charge in [0.05, 0.1) is 0 Å². The monoisotopic (exact) mass is 163 g/mol. The molecule has 0 aromatic heterocycles. The van der Waals surface area contributed by atoms with Crippen molar-refractivity contribution in [2.24, 2.45) is 4.99 Å². The van der Waals surface area contributed by atoms with Crippen molar-refractivity contribution in [3.05, 3.63) is 24.2 Å². The lowest BCUT2D eigenvalue weighted by Gasteiger charge is -2.27. The highest BCUT2D eigenvalue weighted by Gasteiger charge is 2.17. The highest BCUT2D eigenvalue weighted by molar-refractivity contribution is 6.00. The molecule has 0 aliphatic carbocycles. The average Bonchev–Trinajstić information content (AvgIpc) is 2.07. The predicted octanol–water partition coefficient (Wildman–Crippen LogP) is 1.07. The van der Waals surface area contributed by atoms with E-state index in [2.05, 4.69) is 23.1 Å². The van der Waals surface area contributed by atoms with Crippen molar-refractivity contribution in [3.8, 4) is 0 Å². The van der Waals surface area contributed by atoms with Crippen LogP contribution in [0.2, 0.25) is 0 Å². The van der Waals surface area contributed by atoms with Crippen LogP contribution in [0.1, 0.15) is 12.8 Å². The summed E-state index contributed by atoms with van der Waals surface area (Å²) < 4.78 is 0. The van der Waals surface area contributed by atoms with E-state index in [0.29, 0.717) is 0 Å². The molecule has 0 unspecified atom stereocenters. The van der Waals surface area contributed by atoms with Crippen LogP contribution in [0.25, 0.3) is 0 Å². The summed E-state index contributed by atoms with van der Waals surface area (Å²) in [6.45, 7) is 4.87. The Bertz CT molecular complexity index is 275. The molecular weight excluding hydrogens is 150 g/mol. The standard InChI is InChI=1S/C9H13N3/c1-7-11-9-8(6-12(7)2)4-3-5-10-9/h6H,1,3-5H2,2H3,(H,10,11). The third-order valence-electron chi connectivity index (χ3n) is 2.22. The Kier molecular flexibility index (Phi) is 1.64. The molecular formula is C9H13N3. The van der Waals surface area contributed by atoms with Crippen LogP contribution >= 0.6 is 0 Å². The van der Waals surface area contributed by atoms with Gasteiger partial charge in [0.1, 0.15) is 11.7 Å². The number of fused-ring (bicyclic) bond motifs is 1. The van der Waals surface area contributed by atoms with E-state index in [1.165, 1.54) is 12.0 Å². The summed E-state index contributed by atoms with van der Waals surface area (Å²) in [6, 6.07) is 0. The maximum absolute atomic E-state index is 4.35. The molecule has 0 aromatic rings. The number of aliphatic imine (C=N–C) groups is 1. The minimum atomic E-state index is 0.808. The molecule has 0 atom stereocenters. The minimum absolute atomic E-state index is 0.808. The van der Waals surface area contributed by atoms with Crippen molar-refractivity contribution in [2.45, 2.75) is 12.8 Å². The first-order valence-electron chi connectivity index (χ1n) is 4.23. The van der Waals surface area contributed by atoms with E-state index in [-0.39, 0.29) is 0 Å². The van der Waals surface area contributed by atoms with E-state index in [4.69, 9.17) is 0 Å². The van der Waals surface area contributed by atoms with Crippen LogP contribution in [0.15, 0.2) is 29.2 Å². The predicted molar refractivity (Wildman–Crippen MR) is 49.7 cm³/mol. The fourth-order valence-electron chi connectivity index (χ4n) is 1.47. The van der Waals surface area contributed by atoms with Crippen LogP contribution in [0, 0.1) is 0 Å². The molecule has 1 N–H and O–H groups in total. The quantitative estimate of drug-likeness (QED) is 0.578. The molecule has 2 aliphatic heterocycles. The number of hydrogen-bond donors (Lipinski definition) is 1. The van der Waals surface area contributed by atoms with Gasteiger partial charge in [0.15, 0.2) is 0 Å². The third-order valence-corrected chi connectivity index (χ3v) is 2.22. The smallest absolute Gasteiger partial charge is 0.133 e. The highest BCUT2D eigenvalue weighted by atomic mass is 15.2. The molecule has 3 nitrogen and oxygen atoms in total. The minimum Gasteiger partial charge on any atom is -0.370 e. The zero-order chi connectivity index (χ0) is 8.55. The van der Waals surface area contributed by atoms with Gasteiger partial charge in [0.2, 0.25) is 0 Å². The van der Waals surface area contributed by atoms with Crippen LogP contribution < -0.4 is 5.32 Å². The second kappa shape index (κ2) is 2.66. The second-order valence-corrected chi connectivity index (χ2v) is 3.17. The van der Waals surface area contributed by atoms with Crippen LogP contribution in [-0.2, 0) is 0 Å². The SMILES string of the molecule is C=C1N=C2NCCCC2=CN1C. The van der Waals surface area contributed by atoms with Crippen molar-refractivity contribution in [1.29, 1.82) is 0 Å². The van der Waals surface area contributed by atoms with Gasteiger partial charge in [0.25, 0.3) is 0 Å². The summed E-state index contributed by atoms with van der Waals surface area (Å²) in [4.78, 5) is 6.32. The van der Waals surface area contributed by atoms with Crippen LogP contribution in [-0.4, -0.2) is 24.3 Å². The summed E-state index contributed by atoms with van der Waals surface area (Å²) in [5.74, 6) is 1.83. The highest BCUT2D eigenvalue weighted by Crippen LogP contribution is 2.19. The van der Waals surface area contributed by atoms with Crippen LogP contribution in [0.4, 0.5) is 0 Å². The van der Waals surface area contributed by atoms with E-state index in [9.17, 15) is 0 Å². The molecule has 3 heteroatoms. The lowest BCUT2D eigenvalue weighted by molar-refractivity contribution is 0.541. The molecule has 1 saturated heterocycles. The molecule has 0 amide bonds. The van der Waals surface area contributed by atoms with Gasteiger partial charge in [0, 0.05) is 25.4 Å². The molecule has 0 radical (unpaired) electrons. The van der Waals surface area contributed by atoms with Gasteiger partial charge in [-0.3, -0.25) is 0 Å². The van der Waals surface area contributed by atoms with Crippen LogP contribution in [0.5, 0.6) is 0 Å². The Balaban J connectivity index is 2.29.